The number of nitro groups is 1. The van der Waals surface area contributed by atoms with E-state index in [1.54, 1.807) is 19.2 Å². The van der Waals surface area contributed by atoms with E-state index in [4.69, 9.17) is 0 Å². The molecule has 0 bridgehead atoms. The lowest BCUT2D eigenvalue weighted by atomic mass is 10.1. The Morgan fingerprint density at radius 1 is 1.20 bits per heavy atom. The van der Waals surface area contributed by atoms with Crippen LogP contribution in [0.3, 0.4) is 0 Å². The maximum absolute atomic E-state index is 11.1. The van der Waals surface area contributed by atoms with Crippen LogP contribution in [0.25, 0.3) is 0 Å². The quantitative estimate of drug-likeness (QED) is 0.678. The lowest BCUT2D eigenvalue weighted by Gasteiger charge is -2.15. The molecule has 5 nitrogen and oxygen atoms in total. The van der Waals surface area contributed by atoms with Gasteiger partial charge >= 0.3 is 5.69 Å². The first-order valence-corrected chi connectivity index (χ1v) is 6.42. The number of hydrogen-bond donors (Lipinski definition) is 1. The van der Waals surface area contributed by atoms with Crippen molar-refractivity contribution < 1.29 is 4.92 Å². The highest BCUT2D eigenvalue weighted by molar-refractivity contribution is 5.60. The third kappa shape index (κ3) is 2.93. The largest absolute Gasteiger partial charge is 0.358 e. The molecule has 0 amide bonds. The van der Waals surface area contributed by atoms with E-state index in [1.807, 2.05) is 38.1 Å². The van der Waals surface area contributed by atoms with Gasteiger partial charge in [-0.2, -0.15) is 0 Å². The molecule has 1 unspecified atom stereocenters. The predicted octanol–water partition coefficient (Wildman–Crippen LogP) is 3.78. The molecule has 5 heteroatoms. The normalized spacial score (nSPS) is 11.9. The number of aryl methyl sites for hydroxylation is 2. The van der Waals surface area contributed by atoms with Crippen LogP contribution in [0.4, 0.5) is 11.5 Å². The monoisotopic (exact) mass is 271 g/mol. The second-order valence-corrected chi connectivity index (χ2v) is 4.86. The van der Waals surface area contributed by atoms with Gasteiger partial charge in [-0.15, -0.1) is 0 Å². The summed E-state index contributed by atoms with van der Waals surface area (Å²) in [5.74, 6) is 0.308. The van der Waals surface area contributed by atoms with E-state index >= 15 is 0 Å². The van der Waals surface area contributed by atoms with Crippen molar-refractivity contribution in [2.45, 2.75) is 26.8 Å². The van der Waals surface area contributed by atoms with Gasteiger partial charge in [-0.05, 0) is 32.4 Å². The number of anilines is 1. The van der Waals surface area contributed by atoms with Crippen LogP contribution in [0.15, 0.2) is 36.5 Å². The van der Waals surface area contributed by atoms with E-state index in [1.165, 1.54) is 5.56 Å². The topological polar surface area (TPSA) is 68.1 Å². The average Bonchev–Trinajstić information content (AvgIpc) is 2.39. The Balaban J connectivity index is 2.28. The summed E-state index contributed by atoms with van der Waals surface area (Å²) >= 11 is 0. The molecule has 1 aromatic carbocycles. The minimum atomic E-state index is -0.396. The summed E-state index contributed by atoms with van der Waals surface area (Å²) in [5, 5.41) is 14.2. The summed E-state index contributed by atoms with van der Waals surface area (Å²) < 4.78 is 0. The molecule has 1 heterocycles. The number of pyridine rings is 1. The van der Waals surface area contributed by atoms with Gasteiger partial charge in [-0.3, -0.25) is 10.1 Å². The van der Waals surface area contributed by atoms with Crippen molar-refractivity contribution in [2.75, 3.05) is 5.32 Å². The summed E-state index contributed by atoms with van der Waals surface area (Å²) in [6.07, 6.45) is 1.58. The Labute approximate surface area is 117 Å². The summed E-state index contributed by atoms with van der Waals surface area (Å²) in [4.78, 5) is 14.8. The number of nitrogens with one attached hydrogen (secondary N) is 1. The minimum absolute atomic E-state index is 0.0338. The first-order chi connectivity index (χ1) is 9.49. The van der Waals surface area contributed by atoms with Gasteiger partial charge in [0.05, 0.1) is 11.0 Å². The van der Waals surface area contributed by atoms with Crippen LogP contribution in [0, 0.1) is 24.0 Å². The van der Waals surface area contributed by atoms with Crippen LogP contribution in [-0.4, -0.2) is 9.91 Å². The fourth-order valence-corrected chi connectivity index (χ4v) is 2.03. The highest BCUT2D eigenvalue weighted by Gasteiger charge is 2.20. The van der Waals surface area contributed by atoms with Crippen LogP contribution in [0.5, 0.6) is 0 Å². The number of benzene rings is 1. The SMILES string of the molecule is Cc1ccc(C(C)Nc2nccc(C)c2[N+](=O)[O-])cc1. The van der Waals surface area contributed by atoms with Gasteiger partial charge in [-0.25, -0.2) is 4.98 Å². The fraction of sp³-hybridized carbons (Fsp3) is 0.267. The molecule has 20 heavy (non-hydrogen) atoms. The lowest BCUT2D eigenvalue weighted by Crippen LogP contribution is -2.10. The van der Waals surface area contributed by atoms with Crippen molar-refractivity contribution >= 4 is 11.5 Å². The maximum atomic E-state index is 11.1. The van der Waals surface area contributed by atoms with Crippen molar-refractivity contribution in [3.63, 3.8) is 0 Å². The molecule has 2 rings (SSSR count). The molecule has 0 saturated heterocycles. The molecule has 104 valence electrons. The standard InChI is InChI=1S/C15H17N3O2/c1-10-4-6-13(7-5-10)12(3)17-15-14(18(19)20)11(2)8-9-16-15/h4-9,12H,1-3H3,(H,16,17). The molecular weight excluding hydrogens is 254 g/mol. The first kappa shape index (κ1) is 14.0. The van der Waals surface area contributed by atoms with E-state index in [9.17, 15) is 10.1 Å². The Hall–Kier alpha value is -2.43. The summed E-state index contributed by atoms with van der Waals surface area (Å²) in [6, 6.07) is 9.64. The molecule has 0 aliphatic rings. The molecule has 0 aliphatic carbocycles. The van der Waals surface area contributed by atoms with Crippen LogP contribution in [0.1, 0.15) is 29.7 Å². The van der Waals surface area contributed by atoms with E-state index in [-0.39, 0.29) is 11.7 Å². The van der Waals surface area contributed by atoms with Crippen LogP contribution in [-0.2, 0) is 0 Å². The van der Waals surface area contributed by atoms with Gasteiger partial charge in [0.1, 0.15) is 0 Å². The lowest BCUT2D eigenvalue weighted by molar-refractivity contribution is -0.384. The molecule has 1 atom stereocenters. The third-order valence-corrected chi connectivity index (χ3v) is 3.24. The van der Waals surface area contributed by atoms with Crippen LogP contribution >= 0.6 is 0 Å². The van der Waals surface area contributed by atoms with Gasteiger partial charge < -0.3 is 5.32 Å². The zero-order chi connectivity index (χ0) is 14.7. The molecule has 1 aromatic heterocycles. The van der Waals surface area contributed by atoms with E-state index in [0.29, 0.717) is 11.4 Å². The second kappa shape index (κ2) is 5.69. The number of hydrogen-bond acceptors (Lipinski definition) is 4. The van der Waals surface area contributed by atoms with E-state index in [2.05, 4.69) is 10.3 Å². The third-order valence-electron chi connectivity index (χ3n) is 3.24. The van der Waals surface area contributed by atoms with Gasteiger partial charge in [0.2, 0.25) is 5.82 Å². The maximum Gasteiger partial charge on any atom is 0.314 e. The molecule has 1 N–H and O–H groups in total. The van der Waals surface area contributed by atoms with Gasteiger partial charge in [0.15, 0.2) is 0 Å². The Bertz CT molecular complexity index is 624. The van der Waals surface area contributed by atoms with Gasteiger partial charge in [0.25, 0.3) is 0 Å². The molecule has 2 aromatic rings. The second-order valence-electron chi connectivity index (χ2n) is 4.86. The van der Waals surface area contributed by atoms with Crippen molar-refractivity contribution in [1.29, 1.82) is 0 Å². The van der Waals surface area contributed by atoms with Crippen molar-refractivity contribution in [3.8, 4) is 0 Å². The molecular formula is C15H17N3O2. The van der Waals surface area contributed by atoms with Gasteiger partial charge in [-0.1, -0.05) is 29.8 Å². The zero-order valence-corrected chi connectivity index (χ0v) is 11.8. The Morgan fingerprint density at radius 2 is 1.85 bits per heavy atom. The van der Waals surface area contributed by atoms with Crippen molar-refractivity contribution in [3.05, 3.63) is 63.3 Å². The predicted molar refractivity (Wildman–Crippen MR) is 78.8 cm³/mol. The zero-order valence-electron chi connectivity index (χ0n) is 11.8. The highest BCUT2D eigenvalue weighted by atomic mass is 16.6. The minimum Gasteiger partial charge on any atom is -0.358 e. The van der Waals surface area contributed by atoms with Crippen LogP contribution < -0.4 is 5.32 Å². The molecule has 0 spiro atoms. The Kier molecular flexibility index (Phi) is 3.98. The molecule has 0 radical (unpaired) electrons. The number of nitrogens with zero attached hydrogens (tertiary/aromatic N) is 2. The summed E-state index contributed by atoms with van der Waals surface area (Å²) in [7, 11) is 0. The molecule has 0 saturated carbocycles. The van der Waals surface area contributed by atoms with E-state index in [0.717, 1.165) is 5.56 Å². The first-order valence-electron chi connectivity index (χ1n) is 6.42. The van der Waals surface area contributed by atoms with Gasteiger partial charge in [0, 0.05) is 11.8 Å². The van der Waals surface area contributed by atoms with Crippen molar-refractivity contribution in [1.82, 2.24) is 4.98 Å². The van der Waals surface area contributed by atoms with Crippen molar-refractivity contribution in [2.24, 2.45) is 0 Å². The summed E-state index contributed by atoms with van der Waals surface area (Å²) in [6.45, 7) is 5.69. The highest BCUT2D eigenvalue weighted by Crippen LogP contribution is 2.28. The number of rotatable bonds is 4. The van der Waals surface area contributed by atoms with E-state index < -0.39 is 4.92 Å². The van der Waals surface area contributed by atoms with Crippen LogP contribution in [0.2, 0.25) is 0 Å². The fourth-order valence-electron chi connectivity index (χ4n) is 2.03. The average molecular weight is 271 g/mol. The molecule has 0 aliphatic heterocycles. The molecule has 0 fully saturated rings. The summed E-state index contributed by atoms with van der Waals surface area (Å²) in [5.41, 5.74) is 2.88. The Morgan fingerprint density at radius 3 is 2.45 bits per heavy atom. The smallest absolute Gasteiger partial charge is 0.314 e. The number of aromatic nitrogens is 1.